The second-order valence-electron chi connectivity index (χ2n) is 6.62. The van der Waals surface area contributed by atoms with E-state index in [1.54, 1.807) is 6.20 Å². The van der Waals surface area contributed by atoms with Crippen molar-refractivity contribution in [3.8, 4) is 0 Å². The zero-order valence-electron chi connectivity index (χ0n) is 13.4. The van der Waals surface area contributed by atoms with Gasteiger partial charge in [0.2, 0.25) is 0 Å². The highest BCUT2D eigenvalue weighted by Crippen LogP contribution is 2.20. The van der Waals surface area contributed by atoms with Crippen molar-refractivity contribution in [2.24, 2.45) is 0 Å². The van der Waals surface area contributed by atoms with E-state index in [-0.39, 0.29) is 12.1 Å². The lowest BCUT2D eigenvalue weighted by Crippen LogP contribution is -2.40. The van der Waals surface area contributed by atoms with Crippen LogP contribution in [0.1, 0.15) is 27.2 Å². The predicted octanol–water partition coefficient (Wildman–Crippen LogP) is 2.44. The smallest absolute Gasteiger partial charge is 0.407 e. The molecule has 1 fully saturated rings. The van der Waals surface area contributed by atoms with Crippen LogP contribution in [-0.2, 0) is 4.74 Å². The van der Waals surface area contributed by atoms with Crippen molar-refractivity contribution in [3.05, 3.63) is 22.0 Å². The van der Waals surface area contributed by atoms with Crippen molar-refractivity contribution in [1.82, 2.24) is 19.9 Å². The number of hydrogen-bond donors (Lipinski definition) is 1. The summed E-state index contributed by atoms with van der Waals surface area (Å²) >= 11 is 2.21. The van der Waals surface area contributed by atoms with Gasteiger partial charge in [-0.15, -0.1) is 5.10 Å². The number of anilines is 1. The van der Waals surface area contributed by atoms with E-state index in [0.29, 0.717) is 0 Å². The van der Waals surface area contributed by atoms with Gasteiger partial charge in [-0.2, -0.15) is 0 Å². The molecule has 1 aliphatic rings. The first-order chi connectivity index (χ1) is 10.8. The van der Waals surface area contributed by atoms with Crippen LogP contribution < -0.4 is 10.2 Å². The van der Waals surface area contributed by atoms with E-state index >= 15 is 0 Å². The maximum absolute atomic E-state index is 11.9. The molecule has 0 radical (unpaired) electrons. The fraction of sp³-hybridized carbons (Fsp3) is 0.533. The van der Waals surface area contributed by atoms with Gasteiger partial charge < -0.3 is 15.0 Å². The first kappa shape index (κ1) is 16.3. The monoisotopic (exact) mass is 429 g/mol. The SMILES string of the molecule is CC(C)(C)OC(=O)N[C@@H]1CCN(c2ccc3ncc(I)n3n2)C1. The molecule has 1 aliphatic heterocycles. The highest BCUT2D eigenvalue weighted by Gasteiger charge is 2.27. The van der Waals surface area contributed by atoms with E-state index < -0.39 is 5.60 Å². The second kappa shape index (κ2) is 6.14. The fourth-order valence-electron chi connectivity index (χ4n) is 2.56. The van der Waals surface area contributed by atoms with Gasteiger partial charge in [-0.1, -0.05) is 0 Å². The van der Waals surface area contributed by atoms with Gasteiger partial charge in [-0.3, -0.25) is 0 Å². The summed E-state index contributed by atoms with van der Waals surface area (Å²) in [5.41, 5.74) is 0.355. The third-order valence-electron chi connectivity index (χ3n) is 3.54. The molecule has 1 amide bonds. The Kier molecular flexibility index (Phi) is 4.35. The Balaban J connectivity index is 1.64. The second-order valence-corrected chi connectivity index (χ2v) is 7.73. The maximum Gasteiger partial charge on any atom is 0.407 e. The van der Waals surface area contributed by atoms with Crippen LogP contribution in [0.5, 0.6) is 0 Å². The van der Waals surface area contributed by atoms with Crippen molar-refractivity contribution < 1.29 is 9.53 Å². The standard InChI is InChI=1S/C15H20IN5O2/c1-15(2,3)23-14(22)18-10-6-7-20(9-10)13-5-4-12-17-8-11(16)21(12)19-13/h4-5,8,10H,6-7,9H2,1-3H3,(H,18,22)/t10-/m1/s1. The zero-order valence-corrected chi connectivity index (χ0v) is 15.6. The minimum Gasteiger partial charge on any atom is -0.444 e. The Morgan fingerprint density at radius 3 is 2.96 bits per heavy atom. The number of nitrogens with one attached hydrogen (secondary N) is 1. The fourth-order valence-corrected chi connectivity index (χ4v) is 3.06. The first-order valence-electron chi connectivity index (χ1n) is 7.56. The van der Waals surface area contributed by atoms with Gasteiger partial charge in [0.15, 0.2) is 5.65 Å². The molecule has 1 N–H and O–H groups in total. The van der Waals surface area contributed by atoms with E-state index in [1.807, 2.05) is 37.4 Å². The van der Waals surface area contributed by atoms with E-state index in [0.717, 1.165) is 34.7 Å². The summed E-state index contributed by atoms with van der Waals surface area (Å²) in [6, 6.07) is 4.00. The molecule has 2 aromatic heterocycles. The minimum absolute atomic E-state index is 0.0733. The van der Waals surface area contributed by atoms with Crippen LogP contribution in [0.15, 0.2) is 18.3 Å². The summed E-state index contributed by atoms with van der Waals surface area (Å²) in [6.45, 7) is 7.16. The van der Waals surface area contributed by atoms with Crippen LogP contribution in [0.25, 0.3) is 5.65 Å². The molecular weight excluding hydrogens is 409 g/mol. The topological polar surface area (TPSA) is 71.8 Å². The third kappa shape index (κ3) is 3.85. The van der Waals surface area contributed by atoms with Gasteiger partial charge in [0.1, 0.15) is 15.1 Å². The molecule has 8 heteroatoms. The highest BCUT2D eigenvalue weighted by molar-refractivity contribution is 14.1. The molecule has 0 unspecified atom stereocenters. The number of alkyl carbamates (subject to hydrolysis) is 1. The van der Waals surface area contributed by atoms with Gasteiger partial charge in [0.05, 0.1) is 12.2 Å². The van der Waals surface area contributed by atoms with Crippen LogP contribution in [-0.4, -0.2) is 45.4 Å². The molecule has 0 bridgehead atoms. The Bertz CT molecular complexity index is 724. The van der Waals surface area contributed by atoms with E-state index in [1.165, 1.54) is 0 Å². The largest absolute Gasteiger partial charge is 0.444 e. The minimum atomic E-state index is -0.479. The molecule has 7 nitrogen and oxygen atoms in total. The summed E-state index contributed by atoms with van der Waals surface area (Å²) in [5.74, 6) is 0.891. The first-order valence-corrected chi connectivity index (χ1v) is 8.64. The molecule has 0 aliphatic carbocycles. The molecular formula is C15H20IN5O2. The lowest BCUT2D eigenvalue weighted by atomic mass is 10.2. The number of amides is 1. The van der Waals surface area contributed by atoms with Crippen LogP contribution >= 0.6 is 22.6 Å². The summed E-state index contributed by atoms with van der Waals surface area (Å²) in [6.07, 6.45) is 2.31. The van der Waals surface area contributed by atoms with Gasteiger partial charge >= 0.3 is 6.09 Å². The van der Waals surface area contributed by atoms with Crippen LogP contribution in [0.4, 0.5) is 10.6 Å². The average molecular weight is 429 g/mol. The van der Waals surface area contributed by atoms with Gasteiger partial charge in [0.25, 0.3) is 0 Å². The number of ether oxygens (including phenoxy) is 1. The van der Waals surface area contributed by atoms with Gasteiger partial charge in [-0.05, 0) is 61.9 Å². The molecule has 2 aromatic rings. The summed E-state index contributed by atoms with van der Waals surface area (Å²) in [4.78, 5) is 18.3. The summed E-state index contributed by atoms with van der Waals surface area (Å²) in [5, 5.41) is 7.55. The van der Waals surface area contributed by atoms with Crippen LogP contribution in [0, 0.1) is 3.70 Å². The normalized spacial score (nSPS) is 18.4. The Hall–Kier alpha value is -1.58. The zero-order chi connectivity index (χ0) is 16.6. The number of fused-ring (bicyclic) bond motifs is 1. The molecule has 0 spiro atoms. The quantitative estimate of drug-likeness (QED) is 0.743. The molecule has 23 heavy (non-hydrogen) atoms. The lowest BCUT2D eigenvalue weighted by molar-refractivity contribution is 0.0509. The molecule has 0 saturated carbocycles. The Morgan fingerprint density at radius 1 is 1.43 bits per heavy atom. The number of carbonyl (C=O) groups is 1. The molecule has 1 atom stereocenters. The lowest BCUT2D eigenvalue weighted by Gasteiger charge is -2.22. The van der Waals surface area contributed by atoms with Crippen LogP contribution in [0.2, 0.25) is 0 Å². The third-order valence-corrected chi connectivity index (χ3v) is 4.28. The molecule has 1 saturated heterocycles. The van der Waals surface area contributed by atoms with Gasteiger partial charge in [-0.25, -0.2) is 14.3 Å². The summed E-state index contributed by atoms with van der Waals surface area (Å²) < 4.78 is 8.10. The van der Waals surface area contributed by atoms with Crippen molar-refractivity contribution in [2.45, 2.75) is 38.8 Å². The van der Waals surface area contributed by atoms with Crippen molar-refractivity contribution in [2.75, 3.05) is 18.0 Å². The molecule has 3 rings (SSSR count). The van der Waals surface area contributed by atoms with Crippen LogP contribution in [0.3, 0.4) is 0 Å². The predicted molar refractivity (Wildman–Crippen MR) is 95.7 cm³/mol. The number of imidazole rings is 1. The van der Waals surface area contributed by atoms with Gasteiger partial charge in [0, 0.05) is 13.1 Å². The average Bonchev–Trinajstić information content (AvgIpc) is 3.04. The molecule has 3 heterocycles. The molecule has 124 valence electrons. The highest BCUT2D eigenvalue weighted by atomic mass is 127. The van der Waals surface area contributed by atoms with Crippen molar-refractivity contribution in [3.63, 3.8) is 0 Å². The number of hydrogen-bond acceptors (Lipinski definition) is 5. The maximum atomic E-state index is 11.9. The number of aromatic nitrogens is 3. The number of rotatable bonds is 2. The Morgan fingerprint density at radius 2 is 2.22 bits per heavy atom. The summed E-state index contributed by atoms with van der Waals surface area (Å²) in [7, 11) is 0. The number of halogens is 1. The van der Waals surface area contributed by atoms with E-state index in [2.05, 4.69) is 42.9 Å². The van der Waals surface area contributed by atoms with Crippen molar-refractivity contribution >= 4 is 40.1 Å². The number of nitrogens with zero attached hydrogens (tertiary/aromatic N) is 4. The Labute approximate surface area is 148 Å². The van der Waals surface area contributed by atoms with E-state index in [4.69, 9.17) is 4.74 Å². The van der Waals surface area contributed by atoms with E-state index in [9.17, 15) is 4.79 Å². The number of carbonyl (C=O) groups excluding carboxylic acids is 1. The molecule has 0 aromatic carbocycles. The van der Waals surface area contributed by atoms with Crippen molar-refractivity contribution in [1.29, 1.82) is 0 Å².